The number of hydrogen-bond acceptors (Lipinski definition) is 3. The summed E-state index contributed by atoms with van der Waals surface area (Å²) in [5, 5.41) is 12.9. The van der Waals surface area contributed by atoms with Crippen molar-refractivity contribution in [2.45, 2.75) is 19.1 Å². The first-order valence-electron chi connectivity index (χ1n) is 6.81. The molecule has 2 aromatic carbocycles. The lowest BCUT2D eigenvalue weighted by Gasteiger charge is -2.21. The summed E-state index contributed by atoms with van der Waals surface area (Å²) in [7, 11) is 1.66. The lowest BCUT2D eigenvalue weighted by Crippen LogP contribution is -2.29. The summed E-state index contributed by atoms with van der Waals surface area (Å²) in [5.74, 6) is 0.844. The Bertz CT molecular complexity index is 508. The molecule has 2 unspecified atom stereocenters. The van der Waals surface area contributed by atoms with Gasteiger partial charge in [0.1, 0.15) is 5.75 Å². The quantitative estimate of drug-likeness (QED) is 0.849. The van der Waals surface area contributed by atoms with Crippen LogP contribution in [0.15, 0.2) is 54.6 Å². The summed E-state index contributed by atoms with van der Waals surface area (Å²) in [6.45, 7) is 2.33. The molecule has 20 heavy (non-hydrogen) atoms. The maximum atomic E-state index is 9.49. The van der Waals surface area contributed by atoms with E-state index in [1.165, 1.54) is 5.56 Å². The molecule has 0 aliphatic heterocycles. The molecule has 0 saturated carbocycles. The van der Waals surface area contributed by atoms with Gasteiger partial charge in [0.25, 0.3) is 0 Å². The van der Waals surface area contributed by atoms with E-state index in [9.17, 15) is 5.11 Å². The fourth-order valence-corrected chi connectivity index (χ4v) is 2.16. The third kappa shape index (κ3) is 3.83. The second kappa shape index (κ2) is 7.08. The molecule has 0 bridgehead atoms. The summed E-state index contributed by atoms with van der Waals surface area (Å²) in [5.41, 5.74) is 2.33. The van der Waals surface area contributed by atoms with Gasteiger partial charge in [-0.15, -0.1) is 0 Å². The van der Waals surface area contributed by atoms with Crippen molar-refractivity contribution in [1.82, 2.24) is 5.32 Å². The third-order valence-electron chi connectivity index (χ3n) is 3.20. The second-order valence-corrected chi connectivity index (χ2v) is 4.87. The molecule has 2 aromatic rings. The molecule has 0 heterocycles. The Labute approximate surface area is 120 Å². The van der Waals surface area contributed by atoms with Gasteiger partial charge in [0, 0.05) is 6.54 Å². The molecule has 2 rings (SSSR count). The van der Waals surface area contributed by atoms with E-state index in [2.05, 4.69) is 17.4 Å². The van der Waals surface area contributed by atoms with Gasteiger partial charge in [-0.2, -0.15) is 0 Å². The van der Waals surface area contributed by atoms with Gasteiger partial charge in [-0.05, 0) is 30.2 Å². The van der Waals surface area contributed by atoms with Crippen molar-refractivity contribution in [3.63, 3.8) is 0 Å². The average molecular weight is 271 g/mol. The molecule has 0 radical (unpaired) electrons. The monoisotopic (exact) mass is 271 g/mol. The second-order valence-electron chi connectivity index (χ2n) is 4.87. The number of methoxy groups -OCH3 is 1. The van der Waals surface area contributed by atoms with E-state index in [1.54, 1.807) is 14.0 Å². The van der Waals surface area contributed by atoms with Gasteiger partial charge in [0.15, 0.2) is 0 Å². The first-order chi connectivity index (χ1) is 9.70. The minimum atomic E-state index is -0.375. The Hall–Kier alpha value is -1.84. The first-order valence-corrected chi connectivity index (χ1v) is 6.81. The number of hydrogen-bond donors (Lipinski definition) is 2. The highest BCUT2D eigenvalue weighted by molar-refractivity contribution is 5.35. The maximum absolute atomic E-state index is 9.49. The van der Waals surface area contributed by atoms with Crippen LogP contribution in [-0.2, 0) is 0 Å². The minimum absolute atomic E-state index is 0.0664. The number of aliphatic hydroxyl groups excluding tert-OH is 1. The smallest absolute Gasteiger partial charge is 0.118 e. The van der Waals surface area contributed by atoms with E-state index in [-0.39, 0.29) is 12.1 Å². The third-order valence-corrected chi connectivity index (χ3v) is 3.20. The Morgan fingerprint density at radius 1 is 1.00 bits per heavy atom. The SMILES string of the molecule is COc1ccc(C(NCC(C)O)c2ccccc2)cc1. The summed E-state index contributed by atoms with van der Waals surface area (Å²) in [6.07, 6.45) is -0.375. The van der Waals surface area contributed by atoms with Crippen LogP contribution in [0.25, 0.3) is 0 Å². The summed E-state index contributed by atoms with van der Waals surface area (Å²) >= 11 is 0. The van der Waals surface area contributed by atoms with Crippen LogP contribution in [0, 0.1) is 0 Å². The number of rotatable bonds is 6. The van der Waals surface area contributed by atoms with Crippen molar-refractivity contribution in [3.8, 4) is 5.75 Å². The van der Waals surface area contributed by atoms with E-state index >= 15 is 0 Å². The van der Waals surface area contributed by atoms with E-state index in [1.807, 2.05) is 42.5 Å². The fraction of sp³-hybridized carbons (Fsp3) is 0.294. The molecule has 0 fully saturated rings. The molecular formula is C17H21NO2. The Kier molecular flexibility index (Phi) is 5.16. The van der Waals surface area contributed by atoms with Gasteiger partial charge in [-0.3, -0.25) is 0 Å². The van der Waals surface area contributed by atoms with E-state index < -0.39 is 0 Å². The molecule has 106 valence electrons. The van der Waals surface area contributed by atoms with Crippen LogP contribution in [-0.4, -0.2) is 24.9 Å². The van der Waals surface area contributed by atoms with Crippen LogP contribution in [0.3, 0.4) is 0 Å². The Morgan fingerprint density at radius 3 is 2.15 bits per heavy atom. The molecule has 0 aliphatic carbocycles. The predicted octanol–water partition coefficient (Wildman–Crippen LogP) is 2.76. The molecule has 0 spiro atoms. The van der Waals surface area contributed by atoms with Crippen molar-refractivity contribution in [3.05, 3.63) is 65.7 Å². The fourth-order valence-electron chi connectivity index (χ4n) is 2.16. The lowest BCUT2D eigenvalue weighted by molar-refractivity contribution is 0.188. The molecule has 3 nitrogen and oxygen atoms in total. The molecule has 2 atom stereocenters. The molecule has 3 heteroatoms. The molecule has 0 aromatic heterocycles. The summed E-state index contributed by atoms with van der Waals surface area (Å²) < 4.78 is 5.19. The van der Waals surface area contributed by atoms with Crippen LogP contribution in [0.1, 0.15) is 24.1 Å². The molecular weight excluding hydrogens is 250 g/mol. The minimum Gasteiger partial charge on any atom is -0.497 e. The predicted molar refractivity (Wildman–Crippen MR) is 81.0 cm³/mol. The molecule has 0 amide bonds. The Balaban J connectivity index is 2.25. The highest BCUT2D eigenvalue weighted by atomic mass is 16.5. The van der Waals surface area contributed by atoms with Gasteiger partial charge in [0.05, 0.1) is 19.3 Å². The number of aliphatic hydroxyl groups is 1. The van der Waals surface area contributed by atoms with Crippen molar-refractivity contribution in [1.29, 1.82) is 0 Å². The highest BCUT2D eigenvalue weighted by Gasteiger charge is 2.14. The van der Waals surface area contributed by atoms with Crippen LogP contribution in [0.4, 0.5) is 0 Å². The zero-order chi connectivity index (χ0) is 14.4. The first kappa shape index (κ1) is 14.6. The van der Waals surface area contributed by atoms with Crippen molar-refractivity contribution in [2.24, 2.45) is 0 Å². The number of benzene rings is 2. The average Bonchev–Trinajstić information content (AvgIpc) is 2.49. The zero-order valence-electron chi connectivity index (χ0n) is 11.9. The van der Waals surface area contributed by atoms with Crippen LogP contribution in [0.2, 0.25) is 0 Å². The van der Waals surface area contributed by atoms with E-state index in [0.29, 0.717) is 6.54 Å². The van der Waals surface area contributed by atoms with Crippen LogP contribution in [0.5, 0.6) is 5.75 Å². The van der Waals surface area contributed by atoms with Crippen molar-refractivity contribution < 1.29 is 9.84 Å². The maximum Gasteiger partial charge on any atom is 0.118 e. The lowest BCUT2D eigenvalue weighted by atomic mass is 9.98. The van der Waals surface area contributed by atoms with Crippen molar-refractivity contribution in [2.75, 3.05) is 13.7 Å². The number of ether oxygens (including phenoxy) is 1. The zero-order valence-corrected chi connectivity index (χ0v) is 11.9. The van der Waals surface area contributed by atoms with Crippen LogP contribution < -0.4 is 10.1 Å². The summed E-state index contributed by atoms with van der Waals surface area (Å²) in [6, 6.07) is 18.3. The normalized spacial score (nSPS) is 13.8. The van der Waals surface area contributed by atoms with Gasteiger partial charge < -0.3 is 15.2 Å². The summed E-state index contributed by atoms with van der Waals surface area (Å²) in [4.78, 5) is 0. The molecule has 2 N–H and O–H groups in total. The Morgan fingerprint density at radius 2 is 1.60 bits per heavy atom. The molecule has 0 aliphatic rings. The standard InChI is InChI=1S/C17H21NO2/c1-13(19)12-18-17(14-6-4-3-5-7-14)15-8-10-16(20-2)11-9-15/h3-11,13,17-19H,12H2,1-2H3. The number of nitrogens with one attached hydrogen (secondary N) is 1. The van der Waals surface area contributed by atoms with Gasteiger partial charge in [0.2, 0.25) is 0 Å². The highest BCUT2D eigenvalue weighted by Crippen LogP contribution is 2.24. The van der Waals surface area contributed by atoms with Crippen LogP contribution >= 0.6 is 0 Å². The van der Waals surface area contributed by atoms with Gasteiger partial charge in [-0.1, -0.05) is 42.5 Å². The molecule has 0 saturated heterocycles. The van der Waals surface area contributed by atoms with Gasteiger partial charge in [-0.25, -0.2) is 0 Å². The van der Waals surface area contributed by atoms with E-state index in [4.69, 9.17) is 4.74 Å². The topological polar surface area (TPSA) is 41.5 Å². The van der Waals surface area contributed by atoms with Crippen molar-refractivity contribution >= 4 is 0 Å². The largest absolute Gasteiger partial charge is 0.497 e. The van der Waals surface area contributed by atoms with Gasteiger partial charge >= 0.3 is 0 Å². The van der Waals surface area contributed by atoms with E-state index in [0.717, 1.165) is 11.3 Å².